The van der Waals surface area contributed by atoms with Gasteiger partial charge in [-0.25, -0.2) is 13.2 Å². The Morgan fingerprint density at radius 1 is 1.36 bits per heavy atom. The number of fused-ring (bicyclic) bond motifs is 1. The zero-order valence-corrected chi connectivity index (χ0v) is 17.1. The maximum Gasteiger partial charge on any atom is 0.329 e. The summed E-state index contributed by atoms with van der Waals surface area (Å²) in [5, 5.41) is 8.96. The van der Waals surface area contributed by atoms with E-state index in [9.17, 15) is 18.0 Å². The van der Waals surface area contributed by atoms with Gasteiger partial charge in [0.25, 0.3) is 5.91 Å². The van der Waals surface area contributed by atoms with Crippen LogP contribution in [0.2, 0.25) is 5.02 Å². The van der Waals surface area contributed by atoms with Gasteiger partial charge in [-0.3, -0.25) is 4.79 Å². The molecule has 9 nitrogen and oxygen atoms in total. The first-order chi connectivity index (χ1) is 13.2. The molecule has 1 aromatic carbocycles. The van der Waals surface area contributed by atoms with E-state index < -0.39 is 34.9 Å². The van der Waals surface area contributed by atoms with Gasteiger partial charge in [0.2, 0.25) is 0 Å². The van der Waals surface area contributed by atoms with Crippen LogP contribution in [0.4, 0.5) is 5.69 Å². The number of carboxylic acid groups (broad SMARTS) is 1. The van der Waals surface area contributed by atoms with Gasteiger partial charge >= 0.3 is 5.97 Å². The molecule has 2 saturated heterocycles. The molecule has 2 aliphatic heterocycles. The summed E-state index contributed by atoms with van der Waals surface area (Å²) >= 11 is 7.40. The number of carboxylic acids is 1. The highest BCUT2D eigenvalue weighted by molar-refractivity contribution is 8.16. The van der Waals surface area contributed by atoms with Crippen molar-refractivity contribution in [2.45, 2.75) is 11.3 Å². The van der Waals surface area contributed by atoms with E-state index in [1.54, 1.807) is 23.1 Å². The maximum atomic E-state index is 12.1. The molecular weight excluding hydrogens is 432 g/mol. The molecule has 12 heteroatoms. The summed E-state index contributed by atoms with van der Waals surface area (Å²) in [6.07, 6.45) is 0. The number of ether oxygens (including phenoxy) is 2. The van der Waals surface area contributed by atoms with Crippen LogP contribution in [-0.4, -0.2) is 73.7 Å². The van der Waals surface area contributed by atoms with E-state index in [0.29, 0.717) is 21.6 Å². The van der Waals surface area contributed by atoms with E-state index in [2.05, 4.69) is 4.99 Å². The first-order valence-corrected chi connectivity index (χ1v) is 11.2. The first-order valence-electron chi connectivity index (χ1n) is 8.11. The summed E-state index contributed by atoms with van der Waals surface area (Å²) in [6.45, 7) is -1.09. The van der Waals surface area contributed by atoms with Gasteiger partial charge in [0.05, 0.1) is 29.7 Å². The lowest BCUT2D eigenvalue weighted by Crippen LogP contribution is -2.37. The number of anilines is 1. The third-order valence-electron chi connectivity index (χ3n) is 4.15. The molecule has 0 radical (unpaired) electrons. The molecule has 0 aromatic heterocycles. The van der Waals surface area contributed by atoms with Gasteiger partial charge in [0.15, 0.2) is 15.0 Å². The maximum absolute atomic E-state index is 12.1. The number of rotatable bonds is 6. The van der Waals surface area contributed by atoms with E-state index in [1.807, 2.05) is 0 Å². The quantitative estimate of drug-likeness (QED) is 0.680. The second-order valence-corrected chi connectivity index (χ2v) is 9.93. The number of aliphatic carboxylic acids is 1. The molecule has 2 heterocycles. The second-order valence-electron chi connectivity index (χ2n) is 6.16. The molecule has 3 rings (SSSR count). The molecule has 2 fully saturated rings. The van der Waals surface area contributed by atoms with Crippen LogP contribution in [0.1, 0.15) is 0 Å². The van der Waals surface area contributed by atoms with Crippen LogP contribution < -0.4 is 9.64 Å². The monoisotopic (exact) mass is 448 g/mol. The van der Waals surface area contributed by atoms with Crippen molar-refractivity contribution in [1.82, 2.24) is 0 Å². The van der Waals surface area contributed by atoms with Crippen molar-refractivity contribution in [2.24, 2.45) is 4.99 Å². The van der Waals surface area contributed by atoms with Gasteiger partial charge in [-0.05, 0) is 18.2 Å². The molecular formula is C16H17ClN2O7S2. The lowest BCUT2D eigenvalue weighted by Gasteiger charge is -2.25. The number of amides is 1. The van der Waals surface area contributed by atoms with Crippen molar-refractivity contribution in [3.8, 4) is 5.75 Å². The normalized spacial score (nSPS) is 24.4. The Bertz CT molecular complexity index is 935. The summed E-state index contributed by atoms with van der Waals surface area (Å²) in [5.41, 5.74) is 0.584. The number of sulfone groups is 1. The number of hydrogen-bond donors (Lipinski definition) is 1. The molecule has 1 aromatic rings. The van der Waals surface area contributed by atoms with Gasteiger partial charge in [-0.2, -0.15) is 4.99 Å². The predicted octanol–water partition coefficient (Wildman–Crippen LogP) is 1.05. The average molecular weight is 449 g/mol. The highest BCUT2D eigenvalue weighted by Crippen LogP contribution is 2.42. The standard InChI is InChI=1S/C16H17ClN2O7S2/c1-25-12-3-2-9(4-10(12)17)19-11-7-28(23,24)8-13(11)27-16(19)18-14(20)5-26-6-15(21)22/h2-4,11,13H,5-8H2,1H3,(H,21,22)/t11-,13+/m0/s1. The Kier molecular flexibility index (Phi) is 6.18. The number of carbonyl (C=O) groups is 2. The van der Waals surface area contributed by atoms with Gasteiger partial charge < -0.3 is 19.5 Å². The number of thioether (sulfide) groups is 1. The molecule has 0 spiro atoms. The van der Waals surface area contributed by atoms with Gasteiger partial charge in [0.1, 0.15) is 19.0 Å². The third kappa shape index (κ3) is 4.59. The molecule has 0 aliphatic carbocycles. The number of benzene rings is 1. The van der Waals surface area contributed by atoms with Crippen LogP contribution in [0.5, 0.6) is 5.75 Å². The molecule has 152 valence electrons. The molecule has 1 amide bonds. The Morgan fingerprint density at radius 3 is 2.75 bits per heavy atom. The number of nitrogens with zero attached hydrogens (tertiary/aromatic N) is 2. The van der Waals surface area contributed by atoms with Crippen LogP contribution in [0.15, 0.2) is 23.2 Å². The lowest BCUT2D eigenvalue weighted by atomic mass is 10.2. The van der Waals surface area contributed by atoms with Gasteiger partial charge in [0, 0.05) is 10.9 Å². The van der Waals surface area contributed by atoms with Gasteiger partial charge in [-0.15, -0.1) is 0 Å². The minimum atomic E-state index is -3.20. The number of carbonyl (C=O) groups excluding carboxylic acids is 1. The number of halogens is 1. The molecule has 0 saturated carbocycles. The summed E-state index contributed by atoms with van der Waals surface area (Å²) < 4.78 is 34.0. The molecule has 0 unspecified atom stereocenters. The third-order valence-corrected chi connectivity index (χ3v) is 7.66. The van der Waals surface area contributed by atoms with E-state index in [0.717, 1.165) is 0 Å². The lowest BCUT2D eigenvalue weighted by molar-refractivity contribution is -0.143. The Labute approximate surface area is 170 Å². The minimum absolute atomic E-state index is 0.00849. The number of methoxy groups -OCH3 is 1. The van der Waals surface area contributed by atoms with Crippen molar-refractivity contribution in [3.63, 3.8) is 0 Å². The predicted molar refractivity (Wildman–Crippen MR) is 105 cm³/mol. The largest absolute Gasteiger partial charge is 0.495 e. The molecule has 2 aliphatic rings. The molecule has 1 N–H and O–H groups in total. The smallest absolute Gasteiger partial charge is 0.329 e. The van der Waals surface area contributed by atoms with Crippen LogP contribution >= 0.6 is 23.4 Å². The molecule has 0 bridgehead atoms. The molecule has 2 atom stereocenters. The van der Waals surface area contributed by atoms with Crippen LogP contribution in [0.3, 0.4) is 0 Å². The Morgan fingerprint density at radius 2 is 2.11 bits per heavy atom. The fourth-order valence-electron chi connectivity index (χ4n) is 3.04. The minimum Gasteiger partial charge on any atom is -0.495 e. The summed E-state index contributed by atoms with van der Waals surface area (Å²) in [5.74, 6) is -1.45. The fourth-order valence-corrected chi connectivity index (χ4v) is 7.22. The number of hydrogen-bond acceptors (Lipinski definition) is 7. The van der Waals surface area contributed by atoms with Crippen LogP contribution in [-0.2, 0) is 24.2 Å². The van der Waals surface area contributed by atoms with Crippen molar-refractivity contribution >= 4 is 55.9 Å². The zero-order chi connectivity index (χ0) is 20.5. The van der Waals surface area contributed by atoms with E-state index >= 15 is 0 Å². The van der Waals surface area contributed by atoms with Crippen LogP contribution in [0, 0.1) is 0 Å². The summed E-state index contributed by atoms with van der Waals surface area (Å²) in [4.78, 5) is 28.2. The SMILES string of the molecule is COc1ccc(N2C(=NC(=O)COCC(=O)O)S[C@@H]3CS(=O)(=O)C[C@@H]32)cc1Cl. The molecule has 28 heavy (non-hydrogen) atoms. The zero-order valence-electron chi connectivity index (χ0n) is 14.7. The number of amidine groups is 1. The summed E-state index contributed by atoms with van der Waals surface area (Å²) in [6, 6.07) is 4.59. The van der Waals surface area contributed by atoms with Crippen molar-refractivity contribution in [2.75, 3.05) is 36.7 Å². The average Bonchev–Trinajstić information content (AvgIpc) is 3.05. The van der Waals surface area contributed by atoms with Crippen molar-refractivity contribution < 1.29 is 32.6 Å². The fraction of sp³-hybridized carbons (Fsp3) is 0.438. The van der Waals surface area contributed by atoms with Crippen molar-refractivity contribution in [3.05, 3.63) is 23.2 Å². The Hall–Kier alpha value is -1.82. The van der Waals surface area contributed by atoms with Crippen molar-refractivity contribution in [1.29, 1.82) is 0 Å². The van der Waals surface area contributed by atoms with E-state index in [1.165, 1.54) is 18.9 Å². The summed E-state index contributed by atoms with van der Waals surface area (Å²) in [7, 11) is -1.71. The first kappa shape index (κ1) is 20.9. The van der Waals surface area contributed by atoms with Gasteiger partial charge in [-0.1, -0.05) is 23.4 Å². The Balaban J connectivity index is 1.89. The highest BCUT2D eigenvalue weighted by Gasteiger charge is 2.49. The number of aliphatic imine (C=N–C) groups is 1. The van der Waals surface area contributed by atoms with E-state index in [-0.39, 0.29) is 22.8 Å². The van der Waals surface area contributed by atoms with E-state index in [4.69, 9.17) is 26.2 Å². The second kappa shape index (κ2) is 8.27. The highest BCUT2D eigenvalue weighted by atomic mass is 35.5. The topological polar surface area (TPSA) is 123 Å². The van der Waals surface area contributed by atoms with Crippen LogP contribution in [0.25, 0.3) is 0 Å².